The monoisotopic (exact) mass is 446 g/mol. The van der Waals surface area contributed by atoms with Gasteiger partial charge in [0, 0.05) is 35.9 Å². The number of nitrogens with zero attached hydrogens (tertiary/aromatic N) is 2. The van der Waals surface area contributed by atoms with E-state index in [0.717, 1.165) is 42.7 Å². The van der Waals surface area contributed by atoms with E-state index in [0.29, 0.717) is 5.57 Å². The second-order valence-electron chi connectivity index (χ2n) is 8.20. The summed E-state index contributed by atoms with van der Waals surface area (Å²) in [6.07, 6.45) is 11.2. The van der Waals surface area contributed by atoms with Gasteiger partial charge in [0.15, 0.2) is 6.17 Å². The fraction of sp³-hybridized carbons (Fsp3) is 0.286. The van der Waals surface area contributed by atoms with Gasteiger partial charge >= 0.3 is 0 Å². The lowest BCUT2D eigenvalue weighted by Gasteiger charge is -2.24. The Kier molecular flexibility index (Phi) is 8.36. The molecule has 0 aliphatic heterocycles. The molecule has 2 unspecified atom stereocenters. The predicted molar refractivity (Wildman–Crippen MR) is 136 cm³/mol. The van der Waals surface area contributed by atoms with Crippen molar-refractivity contribution in [2.45, 2.75) is 38.4 Å². The normalized spacial score (nSPS) is 20.3. The highest BCUT2D eigenvalue weighted by molar-refractivity contribution is 5.59. The van der Waals surface area contributed by atoms with E-state index in [1.165, 1.54) is 18.2 Å². The summed E-state index contributed by atoms with van der Waals surface area (Å²) >= 11 is 0. The second-order valence-corrected chi connectivity index (χ2v) is 8.20. The first kappa shape index (κ1) is 24.2. The quantitative estimate of drug-likeness (QED) is 0.295. The predicted octanol–water partition coefficient (Wildman–Crippen LogP) is 6.89. The Morgan fingerprint density at radius 1 is 0.970 bits per heavy atom. The van der Waals surface area contributed by atoms with Crippen molar-refractivity contribution in [2.24, 2.45) is 0 Å². The van der Waals surface area contributed by atoms with Crippen LogP contribution in [0, 0.1) is 10.1 Å². The second kappa shape index (κ2) is 11.4. The van der Waals surface area contributed by atoms with E-state index in [-0.39, 0.29) is 0 Å². The highest BCUT2D eigenvalue weighted by Crippen LogP contribution is 2.30. The zero-order valence-corrected chi connectivity index (χ0v) is 19.2. The van der Waals surface area contributed by atoms with E-state index in [1.807, 2.05) is 60.7 Å². The minimum absolute atomic E-state index is 0.558. The Bertz CT molecular complexity index is 1040. The van der Waals surface area contributed by atoms with E-state index in [1.54, 1.807) is 18.2 Å². The number of halogens is 1. The van der Waals surface area contributed by atoms with E-state index in [4.69, 9.17) is 0 Å². The first-order chi connectivity index (χ1) is 16.0. The van der Waals surface area contributed by atoms with Crippen LogP contribution in [-0.2, 0) is 0 Å². The maximum absolute atomic E-state index is 15.1. The van der Waals surface area contributed by atoms with Crippen molar-refractivity contribution in [3.05, 3.63) is 112 Å². The lowest BCUT2D eigenvalue weighted by atomic mass is 9.86. The summed E-state index contributed by atoms with van der Waals surface area (Å²) in [5, 5.41) is 11.9. The molecule has 5 heteroatoms. The number of hydrogen-bond donors (Lipinski definition) is 0. The summed E-state index contributed by atoms with van der Waals surface area (Å²) in [5.74, 6) is 0. The van der Waals surface area contributed by atoms with Crippen molar-refractivity contribution in [1.82, 2.24) is 0 Å². The summed E-state index contributed by atoms with van der Waals surface area (Å²) in [5.41, 5.74) is 1.59. The zero-order valence-electron chi connectivity index (χ0n) is 19.2. The summed E-state index contributed by atoms with van der Waals surface area (Å²) in [6, 6.07) is 17.5. The number of hydrogen-bond acceptors (Lipinski definition) is 3. The Labute approximate surface area is 195 Å². The largest absolute Gasteiger partial charge is 0.372 e. The molecule has 172 valence electrons. The molecule has 0 aromatic heterocycles. The van der Waals surface area contributed by atoms with Crippen molar-refractivity contribution in [2.75, 3.05) is 18.0 Å². The van der Waals surface area contributed by atoms with Gasteiger partial charge in [-0.25, -0.2) is 4.39 Å². The van der Waals surface area contributed by atoms with Crippen molar-refractivity contribution in [3.8, 4) is 0 Å². The van der Waals surface area contributed by atoms with Crippen molar-refractivity contribution in [3.63, 3.8) is 0 Å². The number of allylic oxidation sites excluding steroid dienone is 3. The summed E-state index contributed by atoms with van der Waals surface area (Å²) in [4.78, 5) is 13.7. The smallest absolute Gasteiger partial charge is 0.293 e. The first-order valence-corrected chi connectivity index (χ1v) is 11.5. The van der Waals surface area contributed by atoms with Crippen LogP contribution in [0.1, 0.15) is 37.8 Å². The van der Waals surface area contributed by atoms with Crippen LogP contribution < -0.4 is 4.90 Å². The van der Waals surface area contributed by atoms with Gasteiger partial charge in [0.25, 0.3) is 5.54 Å². The average molecular weight is 447 g/mol. The lowest BCUT2D eigenvalue weighted by Crippen LogP contribution is -2.44. The van der Waals surface area contributed by atoms with Gasteiger partial charge in [0.2, 0.25) is 0 Å². The van der Waals surface area contributed by atoms with Crippen LogP contribution in [0.5, 0.6) is 0 Å². The minimum atomic E-state index is -1.92. The molecule has 1 aliphatic rings. The highest BCUT2D eigenvalue weighted by Gasteiger charge is 2.47. The van der Waals surface area contributed by atoms with E-state index in [2.05, 4.69) is 18.7 Å². The number of anilines is 1. The Morgan fingerprint density at radius 3 is 2.18 bits per heavy atom. The third-order valence-corrected chi connectivity index (χ3v) is 5.70. The molecule has 0 saturated heterocycles. The zero-order chi connectivity index (χ0) is 23.7. The topological polar surface area (TPSA) is 46.4 Å². The molecule has 0 heterocycles. The highest BCUT2D eigenvalue weighted by atomic mass is 19.1. The molecule has 2 aromatic rings. The SMILES string of the molecule is CCCN(CCC)c1ccc(C=CC2([N+](=O)[O-])C=CC(C=Cc3ccccc3)=CC2F)cc1. The van der Waals surface area contributed by atoms with Gasteiger partial charge < -0.3 is 4.90 Å². The molecule has 4 nitrogen and oxygen atoms in total. The van der Waals surface area contributed by atoms with E-state index >= 15 is 4.39 Å². The third-order valence-electron chi connectivity index (χ3n) is 5.70. The van der Waals surface area contributed by atoms with Gasteiger partial charge in [-0.15, -0.1) is 0 Å². The Morgan fingerprint density at radius 2 is 1.61 bits per heavy atom. The van der Waals surface area contributed by atoms with Gasteiger partial charge in [0.1, 0.15) is 0 Å². The molecule has 1 aliphatic carbocycles. The van der Waals surface area contributed by atoms with Gasteiger partial charge in [-0.05, 0) is 47.8 Å². The van der Waals surface area contributed by atoms with Crippen LogP contribution in [0.15, 0.2) is 90.6 Å². The van der Waals surface area contributed by atoms with Crippen LogP contribution >= 0.6 is 0 Å². The summed E-state index contributed by atoms with van der Waals surface area (Å²) in [6.45, 7) is 6.27. The molecular formula is C28H31FN2O2. The molecule has 0 N–H and O–H groups in total. The average Bonchev–Trinajstić information content (AvgIpc) is 2.83. The molecule has 0 bridgehead atoms. The minimum Gasteiger partial charge on any atom is -0.372 e. The summed E-state index contributed by atoms with van der Waals surface area (Å²) in [7, 11) is 0. The fourth-order valence-electron chi connectivity index (χ4n) is 3.85. The molecule has 3 rings (SSSR count). The fourth-order valence-corrected chi connectivity index (χ4v) is 3.85. The number of nitro groups is 1. The van der Waals surface area contributed by atoms with E-state index < -0.39 is 16.6 Å². The van der Waals surface area contributed by atoms with Gasteiger partial charge in [-0.1, -0.05) is 80.6 Å². The van der Waals surface area contributed by atoms with Crippen LogP contribution in [0.4, 0.5) is 10.1 Å². The van der Waals surface area contributed by atoms with Gasteiger partial charge in [0.05, 0.1) is 0 Å². The maximum atomic E-state index is 15.1. The Hall–Kier alpha value is -3.47. The molecule has 0 amide bonds. The molecule has 0 spiro atoms. The van der Waals surface area contributed by atoms with E-state index in [9.17, 15) is 10.1 Å². The molecule has 0 fully saturated rings. The molecule has 2 atom stereocenters. The van der Waals surface area contributed by atoms with Gasteiger partial charge in [-0.2, -0.15) is 0 Å². The van der Waals surface area contributed by atoms with Crippen molar-refractivity contribution >= 4 is 17.8 Å². The Balaban J connectivity index is 1.76. The molecular weight excluding hydrogens is 415 g/mol. The number of rotatable bonds is 10. The maximum Gasteiger partial charge on any atom is 0.293 e. The number of benzene rings is 2. The van der Waals surface area contributed by atoms with Crippen molar-refractivity contribution < 1.29 is 9.31 Å². The third kappa shape index (κ3) is 6.07. The van der Waals surface area contributed by atoms with Crippen molar-refractivity contribution in [1.29, 1.82) is 0 Å². The standard InChI is InChI=1S/C28H31FN2O2/c1-3-20-30(21-4-2)26-14-12-24(13-15-26)16-18-28(31(32)33)19-17-25(22-27(28)29)11-10-23-8-6-5-7-9-23/h5-19,22,27H,3-4,20-21H2,1-2H3. The van der Waals surface area contributed by atoms with Crippen LogP contribution in [0.25, 0.3) is 12.2 Å². The molecule has 33 heavy (non-hydrogen) atoms. The van der Waals surface area contributed by atoms with Crippen LogP contribution in [0.2, 0.25) is 0 Å². The van der Waals surface area contributed by atoms with Crippen LogP contribution in [-0.4, -0.2) is 29.7 Å². The lowest BCUT2D eigenvalue weighted by molar-refractivity contribution is -0.547. The summed E-state index contributed by atoms with van der Waals surface area (Å²) < 4.78 is 15.1. The molecule has 0 saturated carbocycles. The van der Waals surface area contributed by atoms with Gasteiger partial charge in [-0.3, -0.25) is 10.1 Å². The number of alkyl halides is 1. The first-order valence-electron chi connectivity index (χ1n) is 11.5. The molecule has 2 aromatic carbocycles. The molecule has 0 radical (unpaired) electrons. The van der Waals surface area contributed by atoms with Crippen LogP contribution in [0.3, 0.4) is 0 Å².